The van der Waals surface area contributed by atoms with Crippen molar-refractivity contribution < 1.29 is 4.74 Å². The average molecular weight is 819 g/mol. The second-order valence-electron chi connectivity index (χ2n) is 17.2. The van der Waals surface area contributed by atoms with E-state index >= 15 is 0 Å². The van der Waals surface area contributed by atoms with Gasteiger partial charge in [0.15, 0.2) is 5.84 Å². The fourth-order valence-corrected chi connectivity index (χ4v) is 11.2. The summed E-state index contributed by atoms with van der Waals surface area (Å²) in [7, 11) is 0. The highest BCUT2D eigenvalue weighted by molar-refractivity contribution is 6.16. The van der Waals surface area contributed by atoms with E-state index < -0.39 is 5.41 Å². The summed E-state index contributed by atoms with van der Waals surface area (Å²) in [4.78, 5) is 10.6. The summed E-state index contributed by atoms with van der Waals surface area (Å²) < 4.78 is 12.0. The molecule has 0 bridgehead atoms. The second-order valence-corrected chi connectivity index (χ2v) is 17.2. The van der Waals surface area contributed by atoms with Crippen molar-refractivity contribution in [3.05, 3.63) is 251 Å². The number of ether oxygens (including phenoxy) is 1. The summed E-state index contributed by atoms with van der Waals surface area (Å²) in [6.07, 6.45) is 0.737. The zero-order chi connectivity index (χ0) is 41.9. The van der Waals surface area contributed by atoms with Gasteiger partial charge in [-0.15, -0.1) is 0 Å². The van der Waals surface area contributed by atoms with E-state index in [4.69, 9.17) is 14.7 Å². The number of amidine groups is 1. The number of hydrogen-bond donors (Lipinski definition) is 0. The van der Waals surface area contributed by atoms with E-state index in [0.29, 0.717) is 0 Å². The van der Waals surface area contributed by atoms with E-state index in [9.17, 15) is 0 Å². The molecule has 0 saturated carbocycles. The van der Waals surface area contributed by atoms with Crippen molar-refractivity contribution in [1.29, 1.82) is 0 Å². The summed E-state index contributed by atoms with van der Waals surface area (Å²) in [5.41, 5.74) is 15.3. The molecule has 64 heavy (non-hydrogen) atoms. The molecule has 5 nitrogen and oxygen atoms in total. The third kappa shape index (κ3) is 4.84. The molecule has 0 N–H and O–H groups in total. The van der Waals surface area contributed by atoms with Crippen molar-refractivity contribution >= 4 is 55.2 Å². The largest absolute Gasteiger partial charge is 0.457 e. The van der Waals surface area contributed by atoms with Crippen molar-refractivity contribution in [2.45, 2.75) is 17.9 Å². The van der Waals surface area contributed by atoms with Gasteiger partial charge in [0.25, 0.3) is 0 Å². The van der Waals surface area contributed by atoms with Crippen LogP contribution in [0.25, 0.3) is 55.0 Å². The van der Waals surface area contributed by atoms with Crippen LogP contribution in [0.1, 0.15) is 51.4 Å². The number of nitrogens with zero attached hydrogens (tertiary/aromatic N) is 4. The summed E-state index contributed by atoms with van der Waals surface area (Å²) in [5, 5.41) is 4.85. The van der Waals surface area contributed by atoms with Crippen molar-refractivity contribution in [2.24, 2.45) is 9.98 Å². The minimum absolute atomic E-state index is 0.0447. The highest BCUT2D eigenvalue weighted by Gasteiger charge is 2.50. The van der Waals surface area contributed by atoms with Gasteiger partial charge in [-0.05, 0) is 64.7 Å². The Kier molecular flexibility index (Phi) is 7.37. The van der Waals surface area contributed by atoms with Gasteiger partial charge in [0, 0.05) is 56.4 Å². The SMILES string of the molecule is c1ccc(C2=NC(c3cccc(-n4c5ccccc5c5cc6c(cc54)Oc4ccccc4C64c5ccccc5-n5c6ccccc6c6cccc4c65)c3)=NC(c3ccccc3)C2)cc1. The summed E-state index contributed by atoms with van der Waals surface area (Å²) >= 11 is 0. The molecule has 14 rings (SSSR count). The molecule has 3 aliphatic heterocycles. The van der Waals surface area contributed by atoms with Crippen LogP contribution >= 0.6 is 0 Å². The summed E-state index contributed by atoms with van der Waals surface area (Å²) in [6.45, 7) is 0. The molecule has 0 radical (unpaired) electrons. The van der Waals surface area contributed by atoms with Crippen molar-refractivity contribution in [1.82, 2.24) is 9.13 Å². The minimum atomic E-state index is -0.662. The number of fused-ring (bicyclic) bond motifs is 14. The monoisotopic (exact) mass is 818 g/mol. The fraction of sp³-hybridized carbons (Fsp3) is 0.0508. The van der Waals surface area contributed by atoms with Gasteiger partial charge in [0.2, 0.25) is 0 Å². The normalized spacial score (nSPS) is 17.2. The van der Waals surface area contributed by atoms with Crippen LogP contribution in [-0.4, -0.2) is 20.7 Å². The van der Waals surface area contributed by atoms with Gasteiger partial charge in [-0.1, -0.05) is 164 Å². The molecule has 1 spiro atoms. The molecular weight excluding hydrogens is 781 g/mol. The standard InChI is InChI=1S/C59H38N4O/c1-3-17-37(18-4-1)49-35-50(38-19-5-2-6-20-38)61-58(60-49)39-21-15-22-40(33-39)62-51-29-11-8-24-42(51)44-34-48-56(36-54(44)62)64-55-32-14-10-27-46(55)59(48)45-26-9-13-31-53(45)63-52-30-12-7-23-41(52)43-25-16-28-47(59)57(43)63/h1-34,36,49H,35H2. The molecule has 0 saturated heterocycles. The maximum absolute atomic E-state index is 7.13. The first-order chi connectivity index (χ1) is 31.7. The maximum atomic E-state index is 7.13. The lowest BCUT2D eigenvalue weighted by Gasteiger charge is -2.45. The minimum Gasteiger partial charge on any atom is -0.457 e. The fourth-order valence-electron chi connectivity index (χ4n) is 11.2. The van der Waals surface area contributed by atoms with Gasteiger partial charge in [0.1, 0.15) is 11.5 Å². The van der Waals surface area contributed by atoms with Crippen LogP contribution < -0.4 is 4.74 Å². The Bertz CT molecular complexity index is 3800. The van der Waals surface area contributed by atoms with E-state index in [2.05, 4.69) is 221 Å². The maximum Gasteiger partial charge on any atom is 0.155 e. The van der Waals surface area contributed by atoms with E-state index in [1.807, 2.05) is 0 Å². The lowest BCUT2D eigenvalue weighted by Crippen LogP contribution is -2.37. The molecule has 0 fully saturated rings. The predicted octanol–water partition coefficient (Wildman–Crippen LogP) is 14.1. The number of hydrogen-bond acceptors (Lipinski definition) is 3. The number of aliphatic imine (C=N–C) groups is 2. The van der Waals surface area contributed by atoms with E-state index in [-0.39, 0.29) is 6.04 Å². The van der Waals surface area contributed by atoms with Crippen molar-refractivity contribution in [3.63, 3.8) is 0 Å². The van der Waals surface area contributed by atoms with Crippen molar-refractivity contribution in [3.8, 4) is 22.9 Å². The number of benzene rings is 9. The number of aromatic nitrogens is 2. The smallest absolute Gasteiger partial charge is 0.155 e. The number of para-hydroxylation sites is 5. The predicted molar refractivity (Wildman–Crippen MR) is 260 cm³/mol. The highest BCUT2D eigenvalue weighted by Crippen LogP contribution is 2.61. The lowest BCUT2D eigenvalue weighted by atomic mass is 9.61. The molecule has 0 aliphatic carbocycles. The molecule has 3 aliphatic rings. The van der Waals surface area contributed by atoms with Crippen molar-refractivity contribution in [2.75, 3.05) is 0 Å². The van der Waals surface area contributed by atoms with Crippen LogP contribution in [0.2, 0.25) is 0 Å². The first-order valence-electron chi connectivity index (χ1n) is 22.1. The molecule has 2 atom stereocenters. The van der Waals surface area contributed by atoms with Gasteiger partial charge < -0.3 is 13.9 Å². The quantitative estimate of drug-likeness (QED) is 0.174. The van der Waals surface area contributed by atoms with Gasteiger partial charge in [-0.25, -0.2) is 4.99 Å². The van der Waals surface area contributed by atoms with Gasteiger partial charge in [-0.3, -0.25) is 4.99 Å². The first-order valence-corrected chi connectivity index (χ1v) is 22.1. The number of rotatable bonds is 4. The van der Waals surface area contributed by atoms with Crippen LogP contribution in [0.5, 0.6) is 11.5 Å². The Balaban J connectivity index is 1.02. The molecular formula is C59H38N4O. The third-order valence-corrected chi connectivity index (χ3v) is 13.9. The average Bonchev–Trinajstić information content (AvgIpc) is 3.88. The molecule has 0 amide bonds. The zero-order valence-electron chi connectivity index (χ0n) is 34.7. The second kappa shape index (κ2) is 13.4. The van der Waals surface area contributed by atoms with Crippen LogP contribution in [0.15, 0.2) is 222 Å². The Hall–Kier alpha value is -8.28. The summed E-state index contributed by atoms with van der Waals surface area (Å²) in [6, 6.07) is 76.6. The Labute approximate surface area is 369 Å². The van der Waals surface area contributed by atoms with E-state index in [1.54, 1.807) is 0 Å². The Morgan fingerprint density at radius 2 is 1.09 bits per heavy atom. The molecule has 11 aromatic rings. The lowest BCUT2D eigenvalue weighted by molar-refractivity contribution is 0.434. The molecule has 300 valence electrons. The van der Waals surface area contributed by atoms with Gasteiger partial charge in [-0.2, -0.15) is 0 Å². The van der Waals surface area contributed by atoms with Crippen LogP contribution in [0.4, 0.5) is 0 Å². The highest BCUT2D eigenvalue weighted by atomic mass is 16.5. The van der Waals surface area contributed by atoms with Gasteiger partial charge in [0.05, 0.1) is 44.9 Å². The molecule has 2 aromatic heterocycles. The molecule has 2 unspecified atom stereocenters. The van der Waals surface area contributed by atoms with Crippen LogP contribution in [0, 0.1) is 0 Å². The molecule has 9 aromatic carbocycles. The Morgan fingerprint density at radius 1 is 0.453 bits per heavy atom. The van der Waals surface area contributed by atoms with Crippen LogP contribution in [0.3, 0.4) is 0 Å². The summed E-state index contributed by atoms with van der Waals surface area (Å²) in [5.74, 6) is 2.45. The third-order valence-electron chi connectivity index (χ3n) is 13.9. The van der Waals surface area contributed by atoms with E-state index in [0.717, 1.165) is 68.4 Å². The Morgan fingerprint density at radius 3 is 1.94 bits per heavy atom. The molecule has 5 heteroatoms. The molecule has 5 heterocycles. The van der Waals surface area contributed by atoms with Gasteiger partial charge >= 0.3 is 0 Å². The zero-order valence-corrected chi connectivity index (χ0v) is 34.7. The van der Waals surface area contributed by atoms with E-state index in [1.165, 1.54) is 55.0 Å². The first kappa shape index (κ1) is 35.3. The van der Waals surface area contributed by atoms with Crippen LogP contribution in [-0.2, 0) is 5.41 Å². The topological polar surface area (TPSA) is 43.8 Å².